The first-order valence-corrected chi connectivity index (χ1v) is 15.9. The number of carbonyl (C=O) groups excluding carboxylic acids is 2. The van der Waals surface area contributed by atoms with Crippen LogP contribution in [0.15, 0.2) is 83.3 Å². The summed E-state index contributed by atoms with van der Waals surface area (Å²) in [5.74, 6) is -1.18. The van der Waals surface area contributed by atoms with Crippen molar-refractivity contribution >= 4 is 43.5 Å². The number of rotatable bonds is 12. The largest absolute Gasteiger partial charge is 0.416 e. The van der Waals surface area contributed by atoms with Crippen molar-refractivity contribution in [3.63, 3.8) is 0 Å². The Morgan fingerprint density at radius 2 is 1.60 bits per heavy atom. The van der Waals surface area contributed by atoms with Crippen molar-refractivity contribution in [3.05, 3.63) is 100 Å². The van der Waals surface area contributed by atoms with Crippen LogP contribution in [0.3, 0.4) is 0 Å². The summed E-state index contributed by atoms with van der Waals surface area (Å²) in [6.45, 7) is 2.87. The van der Waals surface area contributed by atoms with Gasteiger partial charge in [0.25, 0.3) is 0 Å². The standard InChI is InChI=1S/C30H33BrF3N3O4S/c1-4-21(2)35-29(39)27(17-22-10-6-5-7-11-22)36(19-23-12-8-14-25(31)16-23)28(38)20-37(42(3,40)41)26-15-9-13-24(18-26)30(32,33)34/h5-16,18,21,27H,4,17,19-20H2,1-3H3,(H,35,39)/t21-,27+/m0/s1. The maximum atomic E-state index is 14.0. The van der Waals surface area contributed by atoms with Gasteiger partial charge in [-0.25, -0.2) is 8.42 Å². The molecule has 2 amide bonds. The van der Waals surface area contributed by atoms with E-state index in [-0.39, 0.29) is 24.7 Å². The topological polar surface area (TPSA) is 86.8 Å². The zero-order valence-corrected chi connectivity index (χ0v) is 25.8. The molecule has 12 heteroatoms. The number of halogens is 4. The van der Waals surface area contributed by atoms with E-state index >= 15 is 0 Å². The molecular weight excluding hydrogens is 635 g/mol. The number of nitrogens with one attached hydrogen (secondary N) is 1. The molecule has 0 heterocycles. The molecule has 7 nitrogen and oxygen atoms in total. The van der Waals surface area contributed by atoms with E-state index in [1.54, 1.807) is 36.4 Å². The van der Waals surface area contributed by atoms with Crippen LogP contribution in [0.25, 0.3) is 0 Å². The molecule has 42 heavy (non-hydrogen) atoms. The highest BCUT2D eigenvalue weighted by Crippen LogP contribution is 2.32. The average molecular weight is 669 g/mol. The van der Waals surface area contributed by atoms with Gasteiger partial charge in [-0.3, -0.25) is 13.9 Å². The van der Waals surface area contributed by atoms with E-state index in [4.69, 9.17) is 0 Å². The van der Waals surface area contributed by atoms with E-state index in [0.29, 0.717) is 22.4 Å². The first kappa shape index (κ1) is 33.1. The number of benzene rings is 3. The van der Waals surface area contributed by atoms with E-state index in [2.05, 4.69) is 21.2 Å². The van der Waals surface area contributed by atoms with Crippen LogP contribution in [-0.2, 0) is 38.8 Å². The number of hydrogen-bond donors (Lipinski definition) is 1. The van der Waals surface area contributed by atoms with Crippen molar-refractivity contribution in [1.82, 2.24) is 10.2 Å². The second kappa shape index (κ2) is 14.2. The van der Waals surface area contributed by atoms with Gasteiger partial charge in [0.15, 0.2) is 0 Å². The van der Waals surface area contributed by atoms with Crippen LogP contribution in [0, 0.1) is 0 Å². The Hall–Kier alpha value is -3.38. The number of anilines is 1. The monoisotopic (exact) mass is 667 g/mol. The Balaban J connectivity index is 2.09. The number of amides is 2. The van der Waals surface area contributed by atoms with Crippen molar-refractivity contribution in [2.75, 3.05) is 17.1 Å². The Bertz CT molecular complexity index is 1490. The Morgan fingerprint density at radius 3 is 2.19 bits per heavy atom. The number of nitrogens with zero attached hydrogens (tertiary/aromatic N) is 2. The average Bonchev–Trinajstić information content (AvgIpc) is 2.93. The molecule has 0 radical (unpaired) electrons. The first-order valence-electron chi connectivity index (χ1n) is 13.2. The fraction of sp³-hybridized carbons (Fsp3) is 0.333. The molecule has 0 saturated heterocycles. The predicted octanol–water partition coefficient (Wildman–Crippen LogP) is 5.79. The smallest absolute Gasteiger partial charge is 0.352 e. The summed E-state index contributed by atoms with van der Waals surface area (Å²) < 4.78 is 67.3. The molecule has 226 valence electrons. The summed E-state index contributed by atoms with van der Waals surface area (Å²) in [6.07, 6.45) is -3.13. The summed E-state index contributed by atoms with van der Waals surface area (Å²) in [5, 5.41) is 2.92. The molecule has 0 aliphatic heterocycles. The molecule has 1 N–H and O–H groups in total. The molecule has 3 rings (SSSR count). The molecular formula is C30H33BrF3N3O4S. The van der Waals surface area contributed by atoms with Crippen LogP contribution in [0.4, 0.5) is 18.9 Å². The second-order valence-corrected chi connectivity index (χ2v) is 12.8. The number of hydrogen-bond acceptors (Lipinski definition) is 4. The van der Waals surface area contributed by atoms with Gasteiger partial charge in [0.2, 0.25) is 21.8 Å². The first-order chi connectivity index (χ1) is 19.7. The van der Waals surface area contributed by atoms with Gasteiger partial charge >= 0.3 is 6.18 Å². The highest BCUT2D eigenvalue weighted by molar-refractivity contribution is 9.10. The van der Waals surface area contributed by atoms with Crippen molar-refractivity contribution in [1.29, 1.82) is 0 Å². The van der Waals surface area contributed by atoms with E-state index in [9.17, 15) is 31.2 Å². The lowest BCUT2D eigenvalue weighted by Gasteiger charge is -2.34. The minimum atomic E-state index is -4.72. The van der Waals surface area contributed by atoms with Crippen molar-refractivity contribution in [3.8, 4) is 0 Å². The highest BCUT2D eigenvalue weighted by Gasteiger charge is 2.35. The molecule has 0 aromatic heterocycles. The van der Waals surface area contributed by atoms with Crippen LogP contribution >= 0.6 is 15.9 Å². The van der Waals surface area contributed by atoms with Gasteiger partial charge in [0.05, 0.1) is 17.5 Å². The van der Waals surface area contributed by atoms with Crippen LogP contribution in [-0.4, -0.2) is 50.0 Å². The molecule has 0 unspecified atom stereocenters. The van der Waals surface area contributed by atoms with Crippen LogP contribution in [0.5, 0.6) is 0 Å². The summed E-state index contributed by atoms with van der Waals surface area (Å²) in [6, 6.07) is 18.7. The molecule has 0 aliphatic carbocycles. The summed E-state index contributed by atoms with van der Waals surface area (Å²) in [7, 11) is -4.21. The second-order valence-electron chi connectivity index (χ2n) is 9.99. The molecule has 0 spiro atoms. The van der Waals surface area contributed by atoms with Gasteiger partial charge in [0, 0.05) is 23.5 Å². The fourth-order valence-electron chi connectivity index (χ4n) is 4.28. The molecule has 0 bridgehead atoms. The van der Waals surface area contributed by atoms with Gasteiger partial charge in [-0.1, -0.05) is 71.4 Å². The molecule has 0 fully saturated rings. The Kier molecular flexibility index (Phi) is 11.2. The van der Waals surface area contributed by atoms with E-state index < -0.39 is 46.2 Å². The van der Waals surface area contributed by atoms with E-state index in [1.807, 2.05) is 32.0 Å². The number of carbonyl (C=O) groups is 2. The van der Waals surface area contributed by atoms with Crippen molar-refractivity contribution in [2.45, 2.75) is 51.5 Å². The normalized spacial score (nSPS) is 13.2. The molecule has 0 saturated carbocycles. The summed E-state index contributed by atoms with van der Waals surface area (Å²) >= 11 is 3.41. The maximum Gasteiger partial charge on any atom is 0.416 e. The number of sulfonamides is 1. The highest BCUT2D eigenvalue weighted by atomic mass is 79.9. The van der Waals surface area contributed by atoms with E-state index in [1.165, 1.54) is 11.0 Å². The maximum absolute atomic E-state index is 14.0. The minimum absolute atomic E-state index is 0.0517. The third-order valence-electron chi connectivity index (χ3n) is 6.65. The zero-order valence-electron chi connectivity index (χ0n) is 23.4. The summed E-state index contributed by atoms with van der Waals surface area (Å²) in [4.78, 5) is 29.0. The van der Waals surface area contributed by atoms with Crippen molar-refractivity contribution < 1.29 is 31.2 Å². The quantitative estimate of drug-likeness (QED) is 0.265. The van der Waals surface area contributed by atoms with Crippen molar-refractivity contribution in [2.24, 2.45) is 0 Å². The predicted molar refractivity (Wildman–Crippen MR) is 160 cm³/mol. The SMILES string of the molecule is CC[C@H](C)NC(=O)[C@@H](Cc1ccccc1)N(Cc1cccc(Br)c1)C(=O)CN(c1cccc(C(F)(F)F)c1)S(C)(=O)=O. The van der Waals surface area contributed by atoms with Gasteiger partial charge in [0.1, 0.15) is 12.6 Å². The van der Waals surface area contributed by atoms with Crippen LogP contribution < -0.4 is 9.62 Å². The van der Waals surface area contributed by atoms with Gasteiger partial charge < -0.3 is 10.2 Å². The lowest BCUT2D eigenvalue weighted by atomic mass is 10.0. The molecule has 3 aromatic carbocycles. The third kappa shape index (κ3) is 9.32. The fourth-order valence-corrected chi connectivity index (χ4v) is 5.57. The zero-order chi connectivity index (χ0) is 31.1. The lowest BCUT2D eigenvalue weighted by molar-refractivity contribution is -0.140. The molecule has 2 atom stereocenters. The number of alkyl halides is 3. The molecule has 0 aliphatic rings. The lowest BCUT2D eigenvalue weighted by Crippen LogP contribution is -2.54. The Labute approximate surface area is 252 Å². The minimum Gasteiger partial charge on any atom is -0.352 e. The third-order valence-corrected chi connectivity index (χ3v) is 8.29. The Morgan fingerprint density at radius 1 is 0.952 bits per heavy atom. The van der Waals surface area contributed by atoms with Crippen LogP contribution in [0.2, 0.25) is 0 Å². The van der Waals surface area contributed by atoms with Gasteiger partial charge in [-0.05, 0) is 54.8 Å². The van der Waals surface area contributed by atoms with Gasteiger partial charge in [-0.2, -0.15) is 13.2 Å². The molecule has 3 aromatic rings. The van der Waals surface area contributed by atoms with Gasteiger partial charge in [-0.15, -0.1) is 0 Å². The van der Waals surface area contributed by atoms with Crippen LogP contribution in [0.1, 0.15) is 37.0 Å². The van der Waals surface area contributed by atoms with E-state index in [0.717, 1.165) is 28.4 Å². The summed E-state index contributed by atoms with van der Waals surface area (Å²) in [5.41, 5.74) is 0.0671.